The van der Waals surface area contributed by atoms with Crippen LogP contribution in [0.3, 0.4) is 0 Å². The summed E-state index contributed by atoms with van der Waals surface area (Å²) in [5.74, 6) is 0. The van der Waals surface area contributed by atoms with E-state index in [4.69, 9.17) is 0 Å². The largest absolute Gasteiger partial charge is 1.00 e. The van der Waals surface area contributed by atoms with Crippen molar-refractivity contribution < 1.29 is 17.0 Å². The fraction of sp³-hybridized carbons (Fsp3) is 1.00. The summed E-state index contributed by atoms with van der Waals surface area (Å²) in [5.41, 5.74) is 0. The van der Waals surface area contributed by atoms with E-state index < -0.39 is 0 Å². The van der Waals surface area contributed by atoms with Crippen molar-refractivity contribution in [3.8, 4) is 0 Å². The molecule has 6 heavy (non-hydrogen) atoms. The third-order valence-electron chi connectivity index (χ3n) is 0.577. The molecule has 0 saturated carbocycles. The van der Waals surface area contributed by atoms with Crippen LogP contribution in [0.5, 0.6) is 0 Å². The van der Waals surface area contributed by atoms with Crippen molar-refractivity contribution in [2.75, 3.05) is 0 Å². The third-order valence-corrected chi connectivity index (χ3v) is 3.00. The van der Waals surface area contributed by atoms with Gasteiger partial charge in [0, 0.05) is 0 Å². The first-order chi connectivity index (χ1) is 2.41. The van der Waals surface area contributed by atoms with Crippen molar-refractivity contribution in [3.05, 3.63) is 0 Å². The summed E-state index contributed by atoms with van der Waals surface area (Å²) in [7, 11) is 0. The molecule has 0 aromatic carbocycles. The van der Waals surface area contributed by atoms with Crippen molar-refractivity contribution >= 4 is 17.4 Å². The average molecular weight is 208 g/mol. The molecule has 0 heterocycles. The van der Waals surface area contributed by atoms with Gasteiger partial charge in [-0.2, -0.15) is 0 Å². The maximum absolute atomic E-state index is 2.28. The maximum atomic E-state index is 2.28. The Kier molecular flexibility index (Phi) is 16.0. The molecule has 0 amide bonds. The summed E-state index contributed by atoms with van der Waals surface area (Å²) in [6.07, 6.45) is 0. The summed E-state index contributed by atoms with van der Waals surface area (Å²) in [5, 5.41) is 0. The zero-order chi connectivity index (χ0) is 4.12. The molecule has 0 radical (unpaired) electrons. The predicted octanol–water partition coefficient (Wildman–Crippen LogP) is -1.43. The summed E-state index contributed by atoms with van der Waals surface area (Å²) in [4.78, 5) is 3.00. The molecule has 0 aromatic heterocycles. The van der Waals surface area contributed by atoms with E-state index in [1.165, 1.54) is 9.95 Å². The van der Waals surface area contributed by atoms with E-state index >= 15 is 0 Å². The second-order valence-corrected chi connectivity index (χ2v) is 5.74. The van der Waals surface area contributed by atoms with Crippen LogP contribution in [0, 0.1) is 0 Å². The number of hydrogen-bond donors (Lipinski definition) is 0. The molecule has 0 unspecified atom stereocenters. The van der Waals surface area contributed by atoms with Crippen molar-refractivity contribution in [2.24, 2.45) is 0 Å². The van der Waals surface area contributed by atoms with Gasteiger partial charge in [0.2, 0.25) is 0 Å². The standard InChI is InChI=1S/2C2H5.BrH.Ga/c2*1-2;;/h2*1H2,2H3;1H;/q;;;+1/p-1. The molecule has 0 aliphatic heterocycles. The zero-order valence-corrected chi connectivity index (χ0v) is 8.38. The molecule has 0 saturated heterocycles. The monoisotopic (exact) mass is 206 g/mol. The van der Waals surface area contributed by atoms with Crippen molar-refractivity contribution in [1.29, 1.82) is 0 Å². The van der Waals surface area contributed by atoms with E-state index in [1.54, 1.807) is 0 Å². The fourth-order valence-corrected chi connectivity index (χ4v) is 1.50. The Morgan fingerprint density at radius 2 is 1.50 bits per heavy atom. The quantitative estimate of drug-likeness (QED) is 0.488. The summed E-state index contributed by atoms with van der Waals surface area (Å²) in [6.45, 7) is 4.56. The van der Waals surface area contributed by atoms with Crippen LogP contribution < -0.4 is 17.0 Å². The molecule has 0 bridgehead atoms. The molecule has 0 atom stereocenters. The second-order valence-electron chi connectivity index (χ2n) is 1.11. The van der Waals surface area contributed by atoms with E-state index in [2.05, 4.69) is 13.8 Å². The smallest absolute Gasteiger partial charge is 1.00 e. The molecule has 2 heteroatoms. The van der Waals surface area contributed by atoms with E-state index in [1.807, 2.05) is 0 Å². The molecule has 0 nitrogen and oxygen atoms in total. The Labute approximate surface area is 58.3 Å². The Hall–Kier alpha value is 1.12. The molecule has 36 valence electrons. The number of halogens is 1. The second kappa shape index (κ2) is 9.45. The molecule has 0 aliphatic rings. The van der Waals surface area contributed by atoms with E-state index in [0.29, 0.717) is 17.4 Å². The zero-order valence-electron chi connectivity index (χ0n) is 4.37. The predicted molar refractivity (Wildman–Crippen MR) is 26.7 cm³/mol. The van der Waals surface area contributed by atoms with Gasteiger partial charge in [-0.15, -0.1) is 0 Å². The summed E-state index contributed by atoms with van der Waals surface area (Å²) < 4.78 is 0. The number of hydrogen-bond acceptors (Lipinski definition) is 0. The van der Waals surface area contributed by atoms with Crippen LogP contribution in [0.2, 0.25) is 9.95 Å². The van der Waals surface area contributed by atoms with E-state index in [-0.39, 0.29) is 17.0 Å². The first kappa shape index (κ1) is 10.2. The third kappa shape index (κ3) is 8.93. The topological polar surface area (TPSA) is 0 Å². The van der Waals surface area contributed by atoms with E-state index in [0.717, 1.165) is 0 Å². The van der Waals surface area contributed by atoms with Crippen LogP contribution in [0.15, 0.2) is 0 Å². The van der Waals surface area contributed by atoms with Crippen LogP contribution in [-0.2, 0) is 0 Å². The Balaban J connectivity index is 0. The van der Waals surface area contributed by atoms with Crippen molar-refractivity contribution in [3.63, 3.8) is 0 Å². The molecule has 0 fully saturated rings. The van der Waals surface area contributed by atoms with Gasteiger partial charge in [-0.05, 0) is 0 Å². The minimum atomic E-state index is 0. The van der Waals surface area contributed by atoms with Crippen LogP contribution in [0.25, 0.3) is 0 Å². The van der Waals surface area contributed by atoms with Gasteiger partial charge >= 0.3 is 41.2 Å². The molecule has 0 N–H and O–H groups in total. The first-order valence-electron chi connectivity index (χ1n) is 2.23. The van der Waals surface area contributed by atoms with Crippen LogP contribution in [-0.4, -0.2) is 17.4 Å². The normalized spacial score (nSPS) is 5.67. The Bertz CT molecular complexity index is 15.0. The van der Waals surface area contributed by atoms with Gasteiger partial charge in [-0.25, -0.2) is 0 Å². The number of rotatable bonds is 2. The molecule has 0 rings (SSSR count). The first-order valence-corrected chi connectivity index (χ1v) is 5.66. The molecule has 0 aliphatic carbocycles. The van der Waals surface area contributed by atoms with Crippen LogP contribution >= 0.6 is 0 Å². The SMILES string of the molecule is C[CH2][Ga+][CH2]C.[Br-]. The van der Waals surface area contributed by atoms with Gasteiger partial charge < -0.3 is 17.0 Å². The van der Waals surface area contributed by atoms with Gasteiger partial charge in [0.25, 0.3) is 0 Å². The summed E-state index contributed by atoms with van der Waals surface area (Å²) >= 11 is 0.312. The fourth-order valence-electron chi connectivity index (χ4n) is 0.289. The van der Waals surface area contributed by atoms with Gasteiger partial charge in [0.1, 0.15) is 0 Å². The van der Waals surface area contributed by atoms with Gasteiger partial charge in [-0.1, -0.05) is 0 Å². The molecular weight excluding hydrogens is 198 g/mol. The Morgan fingerprint density at radius 1 is 1.17 bits per heavy atom. The minimum absolute atomic E-state index is 0. The molecular formula is C4H10BrGa. The Morgan fingerprint density at radius 3 is 1.50 bits per heavy atom. The van der Waals surface area contributed by atoms with E-state index in [9.17, 15) is 0 Å². The van der Waals surface area contributed by atoms with Crippen molar-refractivity contribution in [1.82, 2.24) is 0 Å². The van der Waals surface area contributed by atoms with Gasteiger partial charge in [0.15, 0.2) is 0 Å². The van der Waals surface area contributed by atoms with Crippen LogP contribution in [0.4, 0.5) is 0 Å². The van der Waals surface area contributed by atoms with Crippen molar-refractivity contribution in [2.45, 2.75) is 23.8 Å². The van der Waals surface area contributed by atoms with Gasteiger partial charge in [-0.3, -0.25) is 0 Å². The van der Waals surface area contributed by atoms with Gasteiger partial charge in [0.05, 0.1) is 0 Å². The molecule has 0 spiro atoms. The minimum Gasteiger partial charge on any atom is -1.00 e. The molecule has 0 aromatic rings. The summed E-state index contributed by atoms with van der Waals surface area (Å²) in [6, 6.07) is 0. The maximum Gasteiger partial charge on any atom is -1.00 e. The average Bonchev–Trinajstić information content (AvgIpc) is 1.41. The van der Waals surface area contributed by atoms with Crippen LogP contribution in [0.1, 0.15) is 13.8 Å².